The van der Waals surface area contributed by atoms with Gasteiger partial charge in [-0.2, -0.15) is 0 Å². The molecule has 20 heavy (non-hydrogen) atoms. The first-order valence-corrected chi connectivity index (χ1v) is 8.02. The van der Waals surface area contributed by atoms with E-state index in [0.717, 1.165) is 64.2 Å². The first-order valence-electron chi connectivity index (χ1n) is 8.02. The SMILES string of the molecule is O=C(O)CC(C(=O)O)(C1CCCCC1)C1CCCCC1. The van der Waals surface area contributed by atoms with Crippen LogP contribution in [0.25, 0.3) is 0 Å². The molecule has 0 spiro atoms. The highest BCUT2D eigenvalue weighted by Crippen LogP contribution is 2.51. The van der Waals surface area contributed by atoms with Crippen molar-refractivity contribution in [2.45, 2.75) is 70.6 Å². The number of carboxylic acid groups (broad SMARTS) is 2. The molecule has 2 rings (SSSR count). The Balaban J connectivity index is 2.31. The minimum Gasteiger partial charge on any atom is -0.481 e. The van der Waals surface area contributed by atoms with Crippen molar-refractivity contribution >= 4 is 11.9 Å². The van der Waals surface area contributed by atoms with Crippen molar-refractivity contribution in [3.8, 4) is 0 Å². The summed E-state index contributed by atoms with van der Waals surface area (Å²) in [6.07, 6.45) is 9.85. The van der Waals surface area contributed by atoms with Gasteiger partial charge in [-0.1, -0.05) is 38.5 Å². The Morgan fingerprint density at radius 2 is 1.20 bits per heavy atom. The molecule has 2 aliphatic rings. The van der Waals surface area contributed by atoms with Gasteiger partial charge >= 0.3 is 11.9 Å². The van der Waals surface area contributed by atoms with Gasteiger partial charge in [0.1, 0.15) is 0 Å². The predicted molar refractivity (Wildman–Crippen MR) is 75.5 cm³/mol. The van der Waals surface area contributed by atoms with E-state index in [1.54, 1.807) is 0 Å². The fraction of sp³-hybridized carbons (Fsp3) is 0.875. The molecule has 2 saturated carbocycles. The Kier molecular flexibility index (Phi) is 5.06. The van der Waals surface area contributed by atoms with E-state index >= 15 is 0 Å². The lowest BCUT2D eigenvalue weighted by Crippen LogP contribution is -2.48. The van der Waals surface area contributed by atoms with Gasteiger partial charge in [-0.15, -0.1) is 0 Å². The van der Waals surface area contributed by atoms with Crippen molar-refractivity contribution in [1.29, 1.82) is 0 Å². The molecule has 114 valence electrons. The van der Waals surface area contributed by atoms with Crippen LogP contribution in [0, 0.1) is 17.3 Å². The Labute approximate surface area is 120 Å². The minimum absolute atomic E-state index is 0.0490. The standard InChI is InChI=1S/C16H26O4/c17-14(18)11-16(15(19)20,12-7-3-1-4-8-12)13-9-5-2-6-10-13/h12-13H,1-11H2,(H,17,18)(H,19,20). The zero-order valence-electron chi connectivity index (χ0n) is 12.1. The molecule has 2 fully saturated rings. The molecule has 2 aliphatic carbocycles. The highest BCUT2D eigenvalue weighted by atomic mass is 16.4. The molecule has 0 heterocycles. The quantitative estimate of drug-likeness (QED) is 0.806. The number of carbonyl (C=O) groups is 2. The molecule has 0 saturated heterocycles. The van der Waals surface area contributed by atoms with Gasteiger partial charge in [0.2, 0.25) is 0 Å². The maximum absolute atomic E-state index is 12.1. The summed E-state index contributed by atoms with van der Waals surface area (Å²) in [5, 5.41) is 19.2. The number of hydrogen-bond donors (Lipinski definition) is 2. The average Bonchev–Trinajstić information content (AvgIpc) is 2.46. The highest BCUT2D eigenvalue weighted by Gasteiger charge is 2.52. The fourth-order valence-corrected chi connectivity index (χ4v) is 4.53. The lowest BCUT2D eigenvalue weighted by molar-refractivity contribution is -0.167. The number of hydrogen-bond acceptors (Lipinski definition) is 2. The normalized spacial score (nSPS) is 22.6. The van der Waals surface area contributed by atoms with Gasteiger partial charge in [0.25, 0.3) is 0 Å². The maximum Gasteiger partial charge on any atom is 0.310 e. The third-order valence-electron chi connectivity index (χ3n) is 5.51. The Morgan fingerprint density at radius 3 is 1.50 bits per heavy atom. The molecule has 0 aromatic rings. The summed E-state index contributed by atoms with van der Waals surface area (Å²) in [4.78, 5) is 23.4. The molecule has 2 N–H and O–H groups in total. The lowest BCUT2D eigenvalue weighted by atomic mass is 9.57. The summed E-state index contributed by atoms with van der Waals surface area (Å²) < 4.78 is 0. The summed E-state index contributed by atoms with van der Waals surface area (Å²) in [5.74, 6) is -1.72. The molecule has 0 bridgehead atoms. The second-order valence-corrected chi connectivity index (χ2v) is 6.59. The monoisotopic (exact) mass is 282 g/mol. The Morgan fingerprint density at radius 1 is 0.800 bits per heavy atom. The molecule has 0 atom stereocenters. The Hall–Kier alpha value is -1.06. The average molecular weight is 282 g/mol. The Bertz CT molecular complexity index is 333. The summed E-state index contributed by atoms with van der Waals surface area (Å²) in [7, 11) is 0. The zero-order valence-corrected chi connectivity index (χ0v) is 12.1. The molecular formula is C16H26O4. The molecule has 0 aromatic heterocycles. The molecular weight excluding hydrogens is 256 g/mol. The summed E-state index contributed by atoms with van der Waals surface area (Å²) in [5.41, 5.74) is -1.02. The van der Waals surface area contributed by atoms with Gasteiger partial charge in [-0.05, 0) is 37.5 Å². The van der Waals surface area contributed by atoms with Gasteiger partial charge in [0, 0.05) is 0 Å². The van der Waals surface area contributed by atoms with Crippen LogP contribution in [0.1, 0.15) is 70.6 Å². The van der Waals surface area contributed by atoms with Crippen LogP contribution in [0.2, 0.25) is 0 Å². The van der Waals surface area contributed by atoms with Crippen molar-refractivity contribution in [3.63, 3.8) is 0 Å². The van der Waals surface area contributed by atoms with Crippen LogP contribution in [-0.2, 0) is 9.59 Å². The zero-order chi connectivity index (χ0) is 14.6. The van der Waals surface area contributed by atoms with Crippen molar-refractivity contribution in [2.24, 2.45) is 17.3 Å². The number of carboxylic acids is 2. The topological polar surface area (TPSA) is 74.6 Å². The number of rotatable bonds is 5. The van der Waals surface area contributed by atoms with E-state index in [1.807, 2.05) is 0 Å². The largest absolute Gasteiger partial charge is 0.481 e. The van der Waals surface area contributed by atoms with Crippen LogP contribution in [0.4, 0.5) is 0 Å². The van der Waals surface area contributed by atoms with E-state index in [1.165, 1.54) is 0 Å². The van der Waals surface area contributed by atoms with E-state index in [4.69, 9.17) is 0 Å². The molecule has 0 unspecified atom stereocenters. The summed E-state index contributed by atoms with van der Waals surface area (Å²) in [6.45, 7) is 0. The van der Waals surface area contributed by atoms with Crippen molar-refractivity contribution < 1.29 is 19.8 Å². The minimum atomic E-state index is -1.02. The second-order valence-electron chi connectivity index (χ2n) is 6.59. The molecule has 4 heteroatoms. The summed E-state index contributed by atoms with van der Waals surface area (Å²) >= 11 is 0. The van der Waals surface area contributed by atoms with Crippen LogP contribution in [0.3, 0.4) is 0 Å². The lowest BCUT2D eigenvalue weighted by Gasteiger charge is -2.45. The third kappa shape index (κ3) is 2.99. The molecule has 0 radical (unpaired) electrons. The predicted octanol–water partition coefficient (Wildman–Crippen LogP) is 3.69. The molecule has 0 aromatic carbocycles. The van der Waals surface area contributed by atoms with Gasteiger partial charge in [-0.3, -0.25) is 9.59 Å². The van der Waals surface area contributed by atoms with Crippen LogP contribution < -0.4 is 0 Å². The highest BCUT2D eigenvalue weighted by molar-refractivity contribution is 5.82. The van der Waals surface area contributed by atoms with Gasteiger partial charge in [0.15, 0.2) is 0 Å². The smallest absolute Gasteiger partial charge is 0.310 e. The van der Waals surface area contributed by atoms with Gasteiger partial charge < -0.3 is 10.2 Å². The van der Waals surface area contributed by atoms with E-state index in [2.05, 4.69) is 0 Å². The second kappa shape index (κ2) is 6.59. The third-order valence-corrected chi connectivity index (χ3v) is 5.51. The maximum atomic E-state index is 12.1. The van der Waals surface area contributed by atoms with Crippen molar-refractivity contribution in [3.05, 3.63) is 0 Å². The first-order chi connectivity index (χ1) is 9.57. The molecule has 0 aliphatic heterocycles. The van der Waals surface area contributed by atoms with Crippen molar-refractivity contribution in [2.75, 3.05) is 0 Å². The van der Waals surface area contributed by atoms with Crippen LogP contribution in [-0.4, -0.2) is 22.2 Å². The number of aliphatic carboxylic acids is 2. The van der Waals surface area contributed by atoms with Gasteiger partial charge in [-0.25, -0.2) is 0 Å². The first kappa shape index (κ1) is 15.3. The van der Waals surface area contributed by atoms with E-state index in [9.17, 15) is 19.8 Å². The van der Waals surface area contributed by atoms with Crippen LogP contribution in [0.5, 0.6) is 0 Å². The van der Waals surface area contributed by atoms with Crippen molar-refractivity contribution in [1.82, 2.24) is 0 Å². The fourth-order valence-electron chi connectivity index (χ4n) is 4.53. The molecule has 4 nitrogen and oxygen atoms in total. The van der Waals surface area contributed by atoms with Crippen LogP contribution >= 0.6 is 0 Å². The molecule has 0 amide bonds. The van der Waals surface area contributed by atoms with E-state index < -0.39 is 17.4 Å². The summed E-state index contributed by atoms with van der Waals surface area (Å²) in [6, 6.07) is 0. The van der Waals surface area contributed by atoms with Gasteiger partial charge in [0.05, 0.1) is 11.8 Å². The van der Waals surface area contributed by atoms with Crippen LogP contribution in [0.15, 0.2) is 0 Å². The van der Waals surface area contributed by atoms with E-state index in [-0.39, 0.29) is 18.3 Å². The van der Waals surface area contributed by atoms with E-state index in [0.29, 0.717) is 0 Å².